The molecule has 1 fully saturated rings. The molecule has 146 valence electrons. The fourth-order valence-electron chi connectivity index (χ4n) is 3.38. The van der Waals surface area contributed by atoms with Gasteiger partial charge in [-0.2, -0.15) is 19.7 Å². The van der Waals surface area contributed by atoms with Crippen molar-refractivity contribution in [3.8, 4) is 0 Å². The third kappa shape index (κ3) is 3.50. The summed E-state index contributed by atoms with van der Waals surface area (Å²) >= 11 is 0. The lowest BCUT2D eigenvalue weighted by molar-refractivity contribution is 0.102. The predicted octanol–water partition coefficient (Wildman–Crippen LogP) is 2.69. The van der Waals surface area contributed by atoms with Gasteiger partial charge >= 0.3 is 0 Å². The van der Waals surface area contributed by atoms with Crippen LogP contribution in [0.15, 0.2) is 41.3 Å². The van der Waals surface area contributed by atoms with Crippen LogP contribution in [0.2, 0.25) is 0 Å². The van der Waals surface area contributed by atoms with Gasteiger partial charge in [0.05, 0.1) is 4.90 Å². The van der Waals surface area contributed by atoms with Crippen molar-refractivity contribution in [1.29, 1.82) is 0 Å². The smallest absolute Gasteiger partial charge is 0.255 e. The van der Waals surface area contributed by atoms with E-state index >= 15 is 0 Å². The minimum atomic E-state index is -3.58. The van der Waals surface area contributed by atoms with Gasteiger partial charge in [-0.25, -0.2) is 8.42 Å². The van der Waals surface area contributed by atoms with Crippen LogP contribution in [0.5, 0.6) is 0 Å². The van der Waals surface area contributed by atoms with E-state index in [1.807, 2.05) is 0 Å². The number of benzene rings is 2. The Balaban J connectivity index is 1.60. The highest BCUT2D eigenvalue weighted by Crippen LogP contribution is 2.26. The van der Waals surface area contributed by atoms with Gasteiger partial charge in [0.1, 0.15) is 11.0 Å². The Hall–Kier alpha value is -2.78. The molecule has 1 aliphatic rings. The SMILES string of the molecule is Cc1ccc(NC(=O)c2ccc3n[nH]nc3c2)cc1S(=O)(=O)N1CCCCC1. The zero-order valence-corrected chi connectivity index (χ0v) is 16.3. The Morgan fingerprint density at radius 3 is 2.57 bits per heavy atom. The summed E-state index contributed by atoms with van der Waals surface area (Å²) in [5.41, 5.74) is 2.77. The van der Waals surface area contributed by atoms with Gasteiger partial charge in [-0.3, -0.25) is 4.79 Å². The second kappa shape index (κ2) is 7.33. The number of carbonyl (C=O) groups excluding carboxylic acids is 1. The van der Waals surface area contributed by atoms with Gasteiger partial charge in [-0.15, -0.1) is 0 Å². The summed E-state index contributed by atoms with van der Waals surface area (Å²) in [5.74, 6) is -0.338. The predicted molar refractivity (Wildman–Crippen MR) is 106 cm³/mol. The van der Waals surface area contributed by atoms with Crippen LogP contribution in [0.25, 0.3) is 11.0 Å². The fraction of sp³-hybridized carbons (Fsp3) is 0.316. The van der Waals surface area contributed by atoms with Crippen LogP contribution in [0, 0.1) is 6.92 Å². The number of hydrogen-bond acceptors (Lipinski definition) is 5. The van der Waals surface area contributed by atoms with Crippen LogP contribution in [0.3, 0.4) is 0 Å². The topological polar surface area (TPSA) is 108 Å². The third-order valence-electron chi connectivity index (χ3n) is 4.96. The quantitative estimate of drug-likeness (QED) is 0.701. The Morgan fingerprint density at radius 1 is 1.04 bits per heavy atom. The molecule has 0 saturated carbocycles. The monoisotopic (exact) mass is 399 g/mol. The number of aromatic amines is 1. The minimum Gasteiger partial charge on any atom is -0.322 e. The lowest BCUT2D eigenvalue weighted by Gasteiger charge is -2.26. The first kappa shape index (κ1) is 18.6. The molecule has 4 rings (SSSR count). The second-order valence-electron chi connectivity index (χ2n) is 6.93. The van der Waals surface area contributed by atoms with E-state index < -0.39 is 10.0 Å². The summed E-state index contributed by atoms with van der Waals surface area (Å²) < 4.78 is 27.6. The lowest BCUT2D eigenvalue weighted by atomic mass is 10.1. The summed E-state index contributed by atoms with van der Waals surface area (Å²) in [6.45, 7) is 2.84. The molecule has 1 saturated heterocycles. The van der Waals surface area contributed by atoms with Crippen molar-refractivity contribution in [2.45, 2.75) is 31.1 Å². The Morgan fingerprint density at radius 2 is 1.79 bits per heavy atom. The zero-order valence-electron chi connectivity index (χ0n) is 15.5. The number of fused-ring (bicyclic) bond motifs is 1. The number of rotatable bonds is 4. The van der Waals surface area contributed by atoms with Crippen LogP contribution >= 0.6 is 0 Å². The molecule has 28 heavy (non-hydrogen) atoms. The number of H-pyrrole nitrogens is 1. The molecule has 0 radical (unpaired) electrons. The van der Waals surface area contributed by atoms with Crippen molar-refractivity contribution in [1.82, 2.24) is 19.7 Å². The standard InChI is InChI=1S/C19H21N5O3S/c1-13-5-7-15(12-18(13)28(26,27)24-9-3-2-4-10-24)20-19(25)14-6-8-16-17(11-14)22-23-21-16/h5-8,11-12H,2-4,9-10H2,1H3,(H,20,25)(H,21,22,23). The third-order valence-corrected chi connectivity index (χ3v) is 7.00. The molecule has 1 aliphatic heterocycles. The summed E-state index contributed by atoms with van der Waals surface area (Å²) in [6.07, 6.45) is 2.80. The van der Waals surface area contributed by atoms with Crippen LogP contribution < -0.4 is 5.32 Å². The number of nitrogens with zero attached hydrogens (tertiary/aromatic N) is 3. The number of sulfonamides is 1. The van der Waals surface area contributed by atoms with Gasteiger partial charge < -0.3 is 5.32 Å². The first-order valence-corrected chi connectivity index (χ1v) is 10.6. The minimum absolute atomic E-state index is 0.235. The number of aromatic nitrogens is 3. The first-order valence-electron chi connectivity index (χ1n) is 9.18. The Labute approximate surface area is 163 Å². The van der Waals surface area contributed by atoms with Crippen LogP contribution in [0.4, 0.5) is 5.69 Å². The van der Waals surface area contributed by atoms with Gasteiger partial charge in [0.15, 0.2) is 0 Å². The molecule has 3 aromatic rings. The second-order valence-corrected chi connectivity index (χ2v) is 8.83. The van der Waals surface area contributed by atoms with Gasteiger partial charge in [-0.05, 0) is 55.7 Å². The number of piperidine rings is 1. The molecular weight excluding hydrogens is 378 g/mol. The number of amides is 1. The molecule has 2 aromatic carbocycles. The summed E-state index contributed by atoms with van der Waals surface area (Å²) in [7, 11) is -3.58. The molecule has 0 bridgehead atoms. The van der Waals surface area contributed by atoms with Crippen molar-refractivity contribution >= 4 is 32.7 Å². The largest absolute Gasteiger partial charge is 0.322 e. The van der Waals surface area contributed by atoms with E-state index in [4.69, 9.17) is 0 Å². The molecule has 1 aromatic heterocycles. The van der Waals surface area contributed by atoms with Crippen molar-refractivity contribution in [2.24, 2.45) is 0 Å². The summed E-state index contributed by atoms with van der Waals surface area (Å²) in [4.78, 5) is 12.8. The van der Waals surface area contributed by atoms with Crippen LogP contribution in [-0.2, 0) is 10.0 Å². The highest BCUT2D eigenvalue weighted by molar-refractivity contribution is 7.89. The van der Waals surface area contributed by atoms with Crippen molar-refractivity contribution in [2.75, 3.05) is 18.4 Å². The van der Waals surface area contributed by atoms with E-state index in [1.165, 1.54) is 10.4 Å². The van der Waals surface area contributed by atoms with Crippen molar-refractivity contribution in [3.05, 3.63) is 47.5 Å². The normalized spacial score (nSPS) is 15.6. The Kier molecular flexibility index (Phi) is 4.86. The van der Waals surface area contributed by atoms with Gasteiger partial charge in [-0.1, -0.05) is 12.5 Å². The molecule has 9 heteroatoms. The van der Waals surface area contributed by atoms with Gasteiger partial charge in [0.2, 0.25) is 10.0 Å². The van der Waals surface area contributed by atoms with Gasteiger partial charge in [0, 0.05) is 24.3 Å². The van der Waals surface area contributed by atoms with Crippen molar-refractivity contribution < 1.29 is 13.2 Å². The van der Waals surface area contributed by atoms with Gasteiger partial charge in [0.25, 0.3) is 5.91 Å². The maximum atomic E-state index is 13.0. The van der Waals surface area contributed by atoms with Crippen LogP contribution in [0.1, 0.15) is 35.2 Å². The fourth-order valence-corrected chi connectivity index (χ4v) is 5.15. The maximum Gasteiger partial charge on any atom is 0.255 e. The van der Waals surface area contributed by atoms with E-state index in [0.29, 0.717) is 40.9 Å². The molecule has 0 aliphatic carbocycles. The van der Waals surface area contributed by atoms with E-state index in [2.05, 4.69) is 20.7 Å². The number of hydrogen-bond donors (Lipinski definition) is 2. The average molecular weight is 399 g/mol. The van der Waals surface area contributed by atoms with Crippen molar-refractivity contribution in [3.63, 3.8) is 0 Å². The van der Waals surface area contributed by atoms with Crippen LogP contribution in [-0.4, -0.2) is 47.1 Å². The van der Waals surface area contributed by atoms with E-state index in [9.17, 15) is 13.2 Å². The summed E-state index contributed by atoms with van der Waals surface area (Å²) in [6, 6.07) is 9.94. The Bertz CT molecular complexity index is 1130. The van der Waals surface area contributed by atoms with E-state index in [1.54, 1.807) is 37.3 Å². The van der Waals surface area contributed by atoms with E-state index in [-0.39, 0.29) is 10.8 Å². The molecule has 2 N–H and O–H groups in total. The number of nitrogens with one attached hydrogen (secondary N) is 2. The molecule has 0 spiro atoms. The molecule has 1 amide bonds. The number of carbonyl (C=O) groups is 1. The molecule has 2 heterocycles. The molecule has 0 atom stereocenters. The summed E-state index contributed by atoms with van der Waals surface area (Å²) in [5, 5.41) is 13.2. The molecule has 0 unspecified atom stereocenters. The highest BCUT2D eigenvalue weighted by Gasteiger charge is 2.27. The molecule has 8 nitrogen and oxygen atoms in total. The first-order chi connectivity index (χ1) is 13.4. The maximum absolute atomic E-state index is 13.0. The average Bonchev–Trinajstić information content (AvgIpc) is 3.18. The number of aryl methyl sites for hydroxylation is 1. The highest BCUT2D eigenvalue weighted by atomic mass is 32.2. The lowest BCUT2D eigenvalue weighted by Crippen LogP contribution is -2.36. The van der Waals surface area contributed by atoms with E-state index in [0.717, 1.165) is 19.3 Å². The zero-order chi connectivity index (χ0) is 19.7. The number of anilines is 1. The molecular formula is C19H21N5O3S.